The molecule has 1 heterocycles. The highest BCUT2D eigenvalue weighted by Crippen LogP contribution is 2.46. The first-order chi connectivity index (χ1) is 8.08. The van der Waals surface area contributed by atoms with Gasteiger partial charge in [-0.1, -0.05) is 6.42 Å². The molecule has 1 spiro atoms. The van der Waals surface area contributed by atoms with Crippen molar-refractivity contribution in [2.75, 3.05) is 13.2 Å². The first kappa shape index (κ1) is 13.2. The molecule has 1 aliphatic carbocycles. The minimum absolute atomic E-state index is 0.257. The number of aliphatic hydroxyl groups excluding tert-OH is 3. The van der Waals surface area contributed by atoms with Crippen molar-refractivity contribution in [1.29, 1.82) is 0 Å². The van der Waals surface area contributed by atoms with Gasteiger partial charge in [0, 0.05) is 12.8 Å². The van der Waals surface area contributed by atoms with E-state index in [0.717, 1.165) is 32.1 Å². The van der Waals surface area contributed by atoms with Gasteiger partial charge in [0.1, 0.15) is 11.7 Å². The van der Waals surface area contributed by atoms with Crippen LogP contribution in [-0.4, -0.2) is 52.1 Å². The lowest BCUT2D eigenvalue weighted by atomic mass is 9.92. The molecule has 5 nitrogen and oxygen atoms in total. The second-order valence-corrected chi connectivity index (χ2v) is 5.15. The summed E-state index contributed by atoms with van der Waals surface area (Å²) in [7, 11) is 0. The third-order valence-corrected chi connectivity index (χ3v) is 4.01. The number of rotatable bonds is 3. The predicted molar refractivity (Wildman–Crippen MR) is 60.4 cm³/mol. The van der Waals surface area contributed by atoms with Gasteiger partial charge < -0.3 is 24.8 Å². The molecule has 100 valence electrons. The molecule has 2 fully saturated rings. The summed E-state index contributed by atoms with van der Waals surface area (Å²) in [6, 6.07) is 0. The third kappa shape index (κ3) is 2.11. The van der Waals surface area contributed by atoms with E-state index in [9.17, 15) is 15.3 Å². The summed E-state index contributed by atoms with van der Waals surface area (Å²) >= 11 is 0. The Labute approximate surface area is 101 Å². The van der Waals surface area contributed by atoms with E-state index in [1.807, 2.05) is 0 Å². The fourth-order valence-corrected chi connectivity index (χ4v) is 2.92. The maximum atomic E-state index is 9.84. The molecule has 1 saturated heterocycles. The summed E-state index contributed by atoms with van der Waals surface area (Å²) in [5.74, 6) is -0.717. The second-order valence-electron chi connectivity index (χ2n) is 5.15. The van der Waals surface area contributed by atoms with E-state index in [-0.39, 0.29) is 13.2 Å². The van der Waals surface area contributed by atoms with Crippen molar-refractivity contribution in [2.24, 2.45) is 0 Å². The van der Waals surface area contributed by atoms with Gasteiger partial charge in [0.25, 0.3) is 0 Å². The number of aliphatic hydroxyl groups is 3. The lowest BCUT2D eigenvalue weighted by Crippen LogP contribution is -2.54. The van der Waals surface area contributed by atoms with Crippen LogP contribution in [0.5, 0.6) is 0 Å². The van der Waals surface area contributed by atoms with Gasteiger partial charge in [-0.15, -0.1) is 0 Å². The van der Waals surface area contributed by atoms with Crippen LogP contribution < -0.4 is 0 Å². The minimum atomic E-state index is -1.19. The average Bonchev–Trinajstić information content (AvgIpc) is 2.65. The first-order valence-electron chi connectivity index (χ1n) is 6.36. The fourth-order valence-electron chi connectivity index (χ4n) is 2.92. The van der Waals surface area contributed by atoms with Crippen molar-refractivity contribution >= 4 is 0 Å². The quantitative estimate of drug-likeness (QED) is 0.661. The van der Waals surface area contributed by atoms with E-state index in [2.05, 4.69) is 0 Å². The van der Waals surface area contributed by atoms with Crippen molar-refractivity contribution in [3.63, 3.8) is 0 Å². The zero-order valence-electron chi connectivity index (χ0n) is 10.3. The summed E-state index contributed by atoms with van der Waals surface area (Å²) in [6.45, 7) is 0.953. The predicted octanol–water partition coefficient (Wildman–Crippen LogP) is 0.166. The number of ether oxygens (including phenoxy) is 2. The highest BCUT2D eigenvalue weighted by atomic mass is 16.8. The number of hydrogen-bond donors (Lipinski definition) is 3. The largest absolute Gasteiger partial charge is 0.394 e. The molecule has 1 aliphatic heterocycles. The van der Waals surface area contributed by atoms with Crippen LogP contribution in [0.15, 0.2) is 0 Å². The molecule has 0 amide bonds. The van der Waals surface area contributed by atoms with E-state index < -0.39 is 23.6 Å². The Balaban J connectivity index is 2.22. The Bertz CT molecular complexity index is 262. The Morgan fingerprint density at radius 3 is 2.29 bits per heavy atom. The lowest BCUT2D eigenvalue weighted by Gasteiger charge is -2.36. The zero-order chi connectivity index (χ0) is 12.5. The van der Waals surface area contributed by atoms with E-state index in [1.54, 1.807) is 6.92 Å². The molecular weight excluding hydrogens is 224 g/mol. The Kier molecular flexibility index (Phi) is 3.75. The molecule has 3 unspecified atom stereocenters. The van der Waals surface area contributed by atoms with Gasteiger partial charge in [0.05, 0.1) is 19.3 Å². The van der Waals surface area contributed by atoms with Crippen molar-refractivity contribution in [3.8, 4) is 0 Å². The SMILES string of the molecule is CC(O)C1(CO)OC2(CCCCC2)OC1CO. The fraction of sp³-hybridized carbons (Fsp3) is 1.00. The highest BCUT2D eigenvalue weighted by molar-refractivity contribution is 5.02. The van der Waals surface area contributed by atoms with Gasteiger partial charge >= 0.3 is 0 Å². The van der Waals surface area contributed by atoms with Crippen LogP contribution >= 0.6 is 0 Å². The van der Waals surface area contributed by atoms with Gasteiger partial charge in [-0.2, -0.15) is 0 Å². The van der Waals surface area contributed by atoms with Gasteiger partial charge in [-0.05, 0) is 19.8 Å². The molecule has 3 N–H and O–H groups in total. The van der Waals surface area contributed by atoms with Crippen molar-refractivity contribution in [2.45, 2.75) is 62.6 Å². The number of hydrogen-bond acceptors (Lipinski definition) is 5. The summed E-state index contributed by atoms with van der Waals surface area (Å²) < 4.78 is 11.7. The third-order valence-electron chi connectivity index (χ3n) is 4.01. The van der Waals surface area contributed by atoms with Gasteiger partial charge in [0.15, 0.2) is 5.79 Å². The zero-order valence-corrected chi connectivity index (χ0v) is 10.3. The molecule has 0 radical (unpaired) electrons. The second kappa shape index (κ2) is 4.82. The van der Waals surface area contributed by atoms with Crippen LogP contribution in [0, 0.1) is 0 Å². The molecule has 2 rings (SSSR count). The Morgan fingerprint density at radius 2 is 1.88 bits per heavy atom. The van der Waals surface area contributed by atoms with E-state index in [0.29, 0.717) is 0 Å². The van der Waals surface area contributed by atoms with Crippen LogP contribution in [0.3, 0.4) is 0 Å². The van der Waals surface area contributed by atoms with Crippen molar-refractivity contribution in [3.05, 3.63) is 0 Å². The van der Waals surface area contributed by atoms with E-state index in [4.69, 9.17) is 9.47 Å². The van der Waals surface area contributed by atoms with Crippen molar-refractivity contribution < 1.29 is 24.8 Å². The topological polar surface area (TPSA) is 79.2 Å². The Hall–Kier alpha value is -0.200. The summed E-state index contributed by atoms with van der Waals surface area (Å²) in [5, 5.41) is 28.7. The molecular formula is C12H22O5. The highest BCUT2D eigenvalue weighted by Gasteiger charge is 2.59. The normalized spacial score (nSPS) is 38.5. The molecule has 17 heavy (non-hydrogen) atoms. The van der Waals surface area contributed by atoms with Crippen LogP contribution in [-0.2, 0) is 9.47 Å². The Morgan fingerprint density at radius 1 is 1.24 bits per heavy atom. The summed E-state index contributed by atoms with van der Waals surface area (Å²) in [4.78, 5) is 0. The molecule has 0 bridgehead atoms. The van der Waals surface area contributed by atoms with E-state index in [1.165, 1.54) is 0 Å². The smallest absolute Gasteiger partial charge is 0.170 e. The molecule has 0 aromatic carbocycles. The van der Waals surface area contributed by atoms with Crippen LogP contribution in [0.25, 0.3) is 0 Å². The standard InChI is InChI=1S/C12H22O5/c1-9(15)12(8-14)10(7-13)16-11(17-12)5-3-2-4-6-11/h9-10,13-15H,2-8H2,1H3. The van der Waals surface area contributed by atoms with Gasteiger partial charge in [-0.25, -0.2) is 0 Å². The maximum absolute atomic E-state index is 9.84. The average molecular weight is 246 g/mol. The molecule has 0 aromatic rings. The van der Waals surface area contributed by atoms with Crippen LogP contribution in [0.2, 0.25) is 0 Å². The maximum Gasteiger partial charge on any atom is 0.170 e. The van der Waals surface area contributed by atoms with E-state index >= 15 is 0 Å². The molecule has 2 aliphatic rings. The molecule has 3 atom stereocenters. The molecule has 0 aromatic heterocycles. The monoisotopic (exact) mass is 246 g/mol. The van der Waals surface area contributed by atoms with Crippen LogP contribution in [0.4, 0.5) is 0 Å². The minimum Gasteiger partial charge on any atom is -0.394 e. The van der Waals surface area contributed by atoms with Crippen molar-refractivity contribution in [1.82, 2.24) is 0 Å². The first-order valence-corrected chi connectivity index (χ1v) is 6.36. The van der Waals surface area contributed by atoms with Gasteiger partial charge in [-0.3, -0.25) is 0 Å². The summed E-state index contributed by atoms with van der Waals surface area (Å²) in [6.07, 6.45) is 3.16. The molecule has 1 saturated carbocycles. The summed E-state index contributed by atoms with van der Waals surface area (Å²) in [5.41, 5.74) is -1.19. The lowest BCUT2D eigenvalue weighted by molar-refractivity contribution is -0.226. The van der Waals surface area contributed by atoms with Crippen LogP contribution in [0.1, 0.15) is 39.0 Å². The van der Waals surface area contributed by atoms with Gasteiger partial charge in [0.2, 0.25) is 0 Å². The molecule has 5 heteroatoms.